The predicted octanol–water partition coefficient (Wildman–Crippen LogP) is 0.672. The molecule has 0 N–H and O–H groups in total. The van der Waals surface area contributed by atoms with Gasteiger partial charge in [-0.15, -0.1) is 0 Å². The summed E-state index contributed by atoms with van der Waals surface area (Å²) in [5.41, 5.74) is 0. The minimum atomic E-state index is -0.436. The molecule has 0 spiro atoms. The van der Waals surface area contributed by atoms with E-state index in [4.69, 9.17) is 0 Å². The molecule has 0 saturated carbocycles. The topological polar surface area (TPSA) is 52.6 Å². The molecule has 0 aliphatic heterocycles. The molecule has 0 aromatic rings. The van der Waals surface area contributed by atoms with Gasteiger partial charge in [0.2, 0.25) is 0 Å². The smallest absolute Gasteiger partial charge is 0.331 e. The summed E-state index contributed by atoms with van der Waals surface area (Å²) in [4.78, 5) is 21.0. The third-order valence-corrected chi connectivity index (χ3v) is 1.04. The SMILES string of the molecule is CCOC(=O)C=CC#CCOC(C)=O. The van der Waals surface area contributed by atoms with E-state index >= 15 is 0 Å². The van der Waals surface area contributed by atoms with Crippen LogP contribution in [0.2, 0.25) is 0 Å². The molecule has 0 aromatic carbocycles. The summed E-state index contributed by atoms with van der Waals surface area (Å²) in [6, 6.07) is 0. The van der Waals surface area contributed by atoms with E-state index in [-0.39, 0.29) is 12.6 Å². The molecule has 0 aliphatic rings. The molecule has 76 valence electrons. The molecule has 0 saturated heterocycles. The van der Waals surface area contributed by atoms with E-state index in [1.165, 1.54) is 19.1 Å². The number of allylic oxidation sites excluding steroid dienone is 1. The molecule has 0 amide bonds. The van der Waals surface area contributed by atoms with Gasteiger partial charge in [0.05, 0.1) is 6.61 Å². The van der Waals surface area contributed by atoms with Gasteiger partial charge in [-0.05, 0) is 13.0 Å². The Morgan fingerprint density at radius 3 is 2.64 bits per heavy atom. The van der Waals surface area contributed by atoms with Gasteiger partial charge < -0.3 is 9.47 Å². The van der Waals surface area contributed by atoms with Crippen molar-refractivity contribution in [2.75, 3.05) is 13.2 Å². The lowest BCUT2D eigenvalue weighted by Gasteiger charge is -1.92. The van der Waals surface area contributed by atoms with E-state index in [9.17, 15) is 9.59 Å². The lowest BCUT2D eigenvalue weighted by molar-refractivity contribution is -0.139. The Morgan fingerprint density at radius 2 is 2.07 bits per heavy atom. The van der Waals surface area contributed by atoms with Gasteiger partial charge in [-0.1, -0.05) is 11.8 Å². The van der Waals surface area contributed by atoms with E-state index in [1.54, 1.807) is 6.92 Å². The summed E-state index contributed by atoms with van der Waals surface area (Å²) < 4.78 is 9.14. The zero-order valence-electron chi connectivity index (χ0n) is 8.20. The minimum absolute atomic E-state index is 0.0303. The van der Waals surface area contributed by atoms with Crippen LogP contribution in [0.1, 0.15) is 13.8 Å². The first-order valence-corrected chi connectivity index (χ1v) is 4.12. The third-order valence-electron chi connectivity index (χ3n) is 1.04. The van der Waals surface area contributed by atoms with Gasteiger partial charge in [-0.2, -0.15) is 0 Å². The number of ether oxygens (including phenoxy) is 2. The molecule has 0 atom stereocenters. The zero-order chi connectivity index (χ0) is 10.8. The van der Waals surface area contributed by atoms with Crippen LogP contribution >= 0.6 is 0 Å². The molecule has 14 heavy (non-hydrogen) atoms. The fourth-order valence-corrected chi connectivity index (χ4v) is 0.538. The quantitative estimate of drug-likeness (QED) is 0.378. The fourth-order valence-electron chi connectivity index (χ4n) is 0.538. The number of carbonyl (C=O) groups excluding carboxylic acids is 2. The van der Waals surface area contributed by atoms with Crippen LogP contribution in [0.3, 0.4) is 0 Å². The van der Waals surface area contributed by atoms with Crippen LogP contribution < -0.4 is 0 Å². The van der Waals surface area contributed by atoms with E-state index in [1.807, 2.05) is 0 Å². The standard InChI is InChI=1S/C10H12O4/c1-3-13-10(12)7-5-4-6-8-14-9(2)11/h5,7H,3,8H2,1-2H3. The third kappa shape index (κ3) is 8.34. The first kappa shape index (κ1) is 12.2. The molecular weight excluding hydrogens is 184 g/mol. The number of hydrogen-bond acceptors (Lipinski definition) is 4. The highest BCUT2D eigenvalue weighted by Gasteiger charge is 1.90. The van der Waals surface area contributed by atoms with Crippen molar-refractivity contribution in [1.82, 2.24) is 0 Å². The van der Waals surface area contributed by atoms with E-state index in [0.29, 0.717) is 6.61 Å². The summed E-state index contributed by atoms with van der Waals surface area (Å²) in [6.07, 6.45) is 2.56. The molecule has 0 aromatic heterocycles. The lowest BCUT2D eigenvalue weighted by atomic mass is 10.5. The van der Waals surface area contributed by atoms with Crippen molar-refractivity contribution in [1.29, 1.82) is 0 Å². The highest BCUT2D eigenvalue weighted by Crippen LogP contribution is 1.80. The van der Waals surface area contributed by atoms with E-state index in [0.717, 1.165) is 0 Å². The highest BCUT2D eigenvalue weighted by molar-refractivity contribution is 5.82. The number of carbonyl (C=O) groups is 2. The highest BCUT2D eigenvalue weighted by atomic mass is 16.5. The van der Waals surface area contributed by atoms with E-state index < -0.39 is 5.97 Å². The fraction of sp³-hybridized carbons (Fsp3) is 0.400. The second kappa shape index (κ2) is 7.87. The van der Waals surface area contributed by atoms with Crippen molar-refractivity contribution in [3.05, 3.63) is 12.2 Å². The number of rotatable bonds is 3. The van der Waals surface area contributed by atoms with Crippen LogP contribution in [0.15, 0.2) is 12.2 Å². The Hall–Kier alpha value is -1.76. The summed E-state index contributed by atoms with van der Waals surface area (Å²) in [7, 11) is 0. The second-order valence-corrected chi connectivity index (χ2v) is 2.19. The van der Waals surface area contributed by atoms with Crippen molar-refractivity contribution < 1.29 is 19.1 Å². The Bertz CT molecular complexity index is 280. The Labute approximate surface area is 82.9 Å². The van der Waals surface area contributed by atoms with Crippen LogP contribution in [-0.4, -0.2) is 25.2 Å². The van der Waals surface area contributed by atoms with Gasteiger partial charge in [0.1, 0.15) is 0 Å². The molecule has 0 aliphatic carbocycles. The molecule has 0 bridgehead atoms. The molecule has 4 heteroatoms. The monoisotopic (exact) mass is 196 g/mol. The first-order valence-electron chi connectivity index (χ1n) is 4.12. The first-order chi connectivity index (χ1) is 6.66. The van der Waals surface area contributed by atoms with E-state index in [2.05, 4.69) is 21.3 Å². The largest absolute Gasteiger partial charge is 0.463 e. The van der Waals surface area contributed by atoms with Crippen LogP contribution in [0.5, 0.6) is 0 Å². The molecule has 0 unspecified atom stereocenters. The summed E-state index contributed by atoms with van der Waals surface area (Å²) in [5, 5.41) is 0. The van der Waals surface area contributed by atoms with Gasteiger partial charge in [0, 0.05) is 13.0 Å². The van der Waals surface area contributed by atoms with Gasteiger partial charge in [0.25, 0.3) is 0 Å². The maximum Gasteiger partial charge on any atom is 0.331 e. The van der Waals surface area contributed by atoms with Gasteiger partial charge in [-0.25, -0.2) is 4.79 Å². The minimum Gasteiger partial charge on any atom is -0.463 e. The molecule has 0 radical (unpaired) electrons. The molecule has 0 fully saturated rings. The predicted molar refractivity (Wildman–Crippen MR) is 50.2 cm³/mol. The zero-order valence-corrected chi connectivity index (χ0v) is 8.20. The van der Waals surface area contributed by atoms with Gasteiger partial charge in [-0.3, -0.25) is 4.79 Å². The van der Waals surface area contributed by atoms with Crippen molar-refractivity contribution >= 4 is 11.9 Å². The van der Waals surface area contributed by atoms with Crippen molar-refractivity contribution in [3.8, 4) is 11.8 Å². The number of hydrogen-bond donors (Lipinski definition) is 0. The second-order valence-electron chi connectivity index (χ2n) is 2.19. The number of esters is 2. The summed E-state index contributed by atoms with van der Waals surface area (Å²) in [5.74, 6) is 4.23. The maximum absolute atomic E-state index is 10.7. The molecule has 0 heterocycles. The Morgan fingerprint density at radius 1 is 1.36 bits per heavy atom. The van der Waals surface area contributed by atoms with Crippen LogP contribution in [0.25, 0.3) is 0 Å². The summed E-state index contributed by atoms with van der Waals surface area (Å²) in [6.45, 7) is 3.39. The molecule has 4 nitrogen and oxygen atoms in total. The van der Waals surface area contributed by atoms with Gasteiger partial charge >= 0.3 is 11.9 Å². The summed E-state index contributed by atoms with van der Waals surface area (Å²) >= 11 is 0. The lowest BCUT2D eigenvalue weighted by Crippen LogP contribution is -1.98. The van der Waals surface area contributed by atoms with Crippen molar-refractivity contribution in [3.63, 3.8) is 0 Å². The van der Waals surface area contributed by atoms with Crippen molar-refractivity contribution in [2.24, 2.45) is 0 Å². The Balaban J connectivity index is 3.69. The molecular formula is C10H12O4. The normalized spacial score (nSPS) is 9.00. The van der Waals surface area contributed by atoms with Crippen LogP contribution in [0, 0.1) is 11.8 Å². The van der Waals surface area contributed by atoms with Crippen LogP contribution in [0.4, 0.5) is 0 Å². The van der Waals surface area contributed by atoms with Crippen LogP contribution in [-0.2, 0) is 19.1 Å². The Kier molecular flexibility index (Phi) is 6.88. The van der Waals surface area contributed by atoms with Crippen molar-refractivity contribution in [2.45, 2.75) is 13.8 Å². The maximum atomic E-state index is 10.7. The molecule has 0 rings (SSSR count). The van der Waals surface area contributed by atoms with Gasteiger partial charge in [0.15, 0.2) is 6.61 Å². The average molecular weight is 196 g/mol. The average Bonchev–Trinajstić information content (AvgIpc) is 2.11.